The molecular weight excluding hydrogens is 205 g/mol. The zero-order valence-electron chi connectivity index (χ0n) is 7.61. The molecule has 1 aromatic carbocycles. The number of aromatic hydroxyl groups is 1. The summed E-state index contributed by atoms with van der Waals surface area (Å²) in [6, 6.07) is 7.03. The number of phenols is 1. The van der Waals surface area contributed by atoms with Gasteiger partial charge in [0.05, 0.1) is 0 Å². The minimum Gasteiger partial charge on any atom is -0.508 e. The second-order valence-electron chi connectivity index (χ2n) is 3.35. The Bertz CT molecular complexity index is 308. The summed E-state index contributed by atoms with van der Waals surface area (Å²) < 4.78 is 12.8. The maximum atomic E-state index is 12.8. The Labute approximate surface area is 88.5 Å². The van der Waals surface area contributed by atoms with Crippen LogP contribution in [-0.2, 0) is 0 Å². The lowest BCUT2D eigenvalue weighted by atomic mass is 10.0. The molecule has 0 saturated carbocycles. The molecule has 0 amide bonds. The number of hydrogen-bond donors (Lipinski definition) is 2. The maximum absolute atomic E-state index is 12.8. The van der Waals surface area contributed by atoms with E-state index in [0.29, 0.717) is 13.0 Å². The first-order chi connectivity index (χ1) is 6.27. The third-order valence-electron chi connectivity index (χ3n) is 2.39. The van der Waals surface area contributed by atoms with Gasteiger partial charge < -0.3 is 10.4 Å². The van der Waals surface area contributed by atoms with Crippen molar-refractivity contribution in [2.24, 2.45) is 0 Å². The van der Waals surface area contributed by atoms with Gasteiger partial charge in [0.15, 0.2) is 0 Å². The van der Waals surface area contributed by atoms with E-state index in [1.165, 1.54) is 0 Å². The number of nitrogens with one attached hydrogen (secondary N) is 1. The minimum atomic E-state index is -0.787. The number of phenolic OH excluding ortho intramolecular Hbond substituents is 1. The van der Waals surface area contributed by atoms with Gasteiger partial charge in [-0.25, -0.2) is 4.39 Å². The van der Waals surface area contributed by atoms with Gasteiger partial charge >= 0.3 is 0 Å². The summed E-state index contributed by atoms with van der Waals surface area (Å²) in [5, 5.41) is 12.5. The molecule has 4 heteroatoms. The van der Waals surface area contributed by atoms with Crippen LogP contribution in [0.2, 0.25) is 0 Å². The van der Waals surface area contributed by atoms with E-state index in [2.05, 4.69) is 5.32 Å². The van der Waals surface area contributed by atoms with Crippen LogP contribution in [0.3, 0.4) is 0 Å². The van der Waals surface area contributed by atoms with Crippen molar-refractivity contribution in [1.29, 1.82) is 0 Å². The molecule has 78 valence electrons. The van der Waals surface area contributed by atoms with Crippen molar-refractivity contribution in [3.8, 4) is 5.75 Å². The molecule has 2 nitrogen and oxygen atoms in total. The number of benzene rings is 1. The fraction of sp³-hybridized carbons (Fsp3) is 0.400. The average Bonchev–Trinajstić information content (AvgIpc) is 2.53. The monoisotopic (exact) mass is 217 g/mol. The average molecular weight is 218 g/mol. The molecule has 0 spiro atoms. The Morgan fingerprint density at radius 3 is 2.64 bits per heavy atom. The van der Waals surface area contributed by atoms with Crippen molar-refractivity contribution in [3.05, 3.63) is 29.8 Å². The Kier molecular flexibility index (Phi) is 3.72. The highest BCUT2D eigenvalue weighted by Crippen LogP contribution is 2.30. The van der Waals surface area contributed by atoms with Crippen LogP contribution in [0.25, 0.3) is 0 Å². The summed E-state index contributed by atoms with van der Waals surface area (Å²) in [5.41, 5.74) is 0.794. The van der Waals surface area contributed by atoms with Gasteiger partial charge in [-0.1, -0.05) is 18.2 Å². The predicted octanol–water partition coefficient (Wildman–Crippen LogP) is 2.19. The van der Waals surface area contributed by atoms with Crippen molar-refractivity contribution >= 4 is 12.4 Å². The lowest BCUT2D eigenvalue weighted by molar-refractivity contribution is 0.355. The molecule has 0 bridgehead atoms. The quantitative estimate of drug-likeness (QED) is 0.756. The smallest absolute Gasteiger partial charge is 0.120 e. The van der Waals surface area contributed by atoms with Crippen LogP contribution in [0.4, 0.5) is 4.39 Å². The molecule has 1 aromatic rings. The van der Waals surface area contributed by atoms with E-state index in [1.807, 2.05) is 12.1 Å². The second-order valence-corrected chi connectivity index (χ2v) is 3.35. The number of para-hydroxylation sites is 1. The zero-order valence-corrected chi connectivity index (χ0v) is 8.43. The van der Waals surface area contributed by atoms with E-state index >= 15 is 0 Å². The number of alkyl halides is 1. The van der Waals surface area contributed by atoms with Gasteiger partial charge in [-0.05, 0) is 12.5 Å². The molecule has 2 N–H and O–H groups in total. The number of hydrogen-bond acceptors (Lipinski definition) is 2. The normalized spacial score (nSPS) is 25.8. The van der Waals surface area contributed by atoms with Gasteiger partial charge in [0.25, 0.3) is 0 Å². The highest BCUT2D eigenvalue weighted by molar-refractivity contribution is 5.85. The lowest BCUT2D eigenvalue weighted by Gasteiger charge is -2.11. The third-order valence-corrected chi connectivity index (χ3v) is 2.39. The summed E-state index contributed by atoms with van der Waals surface area (Å²) in [5.74, 6) is 0.245. The third kappa shape index (κ3) is 2.16. The number of rotatable bonds is 1. The molecule has 1 aliphatic rings. The molecule has 1 aliphatic heterocycles. The standard InChI is InChI=1S/C10H12FNO.ClH/c11-7-5-9(12-6-7)8-3-1-2-4-10(8)13;/h1-4,7,9,12-13H,5-6H2;1H. The molecule has 2 unspecified atom stereocenters. The Balaban J connectivity index is 0.000000980. The molecular formula is C10H13ClFNO. The SMILES string of the molecule is Cl.Oc1ccccc1C1CC(F)CN1. The highest BCUT2D eigenvalue weighted by atomic mass is 35.5. The fourth-order valence-corrected chi connectivity index (χ4v) is 1.71. The van der Waals surface area contributed by atoms with Gasteiger partial charge in [-0.15, -0.1) is 12.4 Å². The van der Waals surface area contributed by atoms with Crippen molar-refractivity contribution in [3.63, 3.8) is 0 Å². The maximum Gasteiger partial charge on any atom is 0.120 e. The first kappa shape index (κ1) is 11.3. The van der Waals surface area contributed by atoms with Crippen LogP contribution >= 0.6 is 12.4 Å². The van der Waals surface area contributed by atoms with Crippen LogP contribution in [0.1, 0.15) is 18.0 Å². The van der Waals surface area contributed by atoms with Crippen molar-refractivity contribution in [2.45, 2.75) is 18.6 Å². The largest absolute Gasteiger partial charge is 0.508 e. The van der Waals surface area contributed by atoms with Gasteiger partial charge in [-0.3, -0.25) is 0 Å². The molecule has 1 heterocycles. The molecule has 14 heavy (non-hydrogen) atoms. The van der Waals surface area contributed by atoms with Crippen molar-refractivity contribution in [1.82, 2.24) is 5.32 Å². The minimum absolute atomic E-state index is 0. The van der Waals surface area contributed by atoms with E-state index in [9.17, 15) is 9.50 Å². The van der Waals surface area contributed by atoms with Gasteiger partial charge in [0.2, 0.25) is 0 Å². The summed E-state index contributed by atoms with van der Waals surface area (Å²) in [6.45, 7) is 0.388. The molecule has 0 aromatic heterocycles. The van der Waals surface area contributed by atoms with Crippen LogP contribution in [0, 0.1) is 0 Å². The Morgan fingerprint density at radius 2 is 2.07 bits per heavy atom. The molecule has 0 aliphatic carbocycles. The van der Waals surface area contributed by atoms with Crippen LogP contribution < -0.4 is 5.32 Å². The topological polar surface area (TPSA) is 32.3 Å². The molecule has 0 radical (unpaired) electrons. The van der Waals surface area contributed by atoms with E-state index in [1.54, 1.807) is 12.1 Å². The molecule has 2 atom stereocenters. The van der Waals surface area contributed by atoms with Crippen LogP contribution in [0.15, 0.2) is 24.3 Å². The summed E-state index contributed by atoms with van der Waals surface area (Å²) in [7, 11) is 0. The Hall–Kier alpha value is -0.800. The van der Waals surface area contributed by atoms with E-state index in [-0.39, 0.29) is 24.2 Å². The summed E-state index contributed by atoms with van der Waals surface area (Å²) in [4.78, 5) is 0. The second kappa shape index (κ2) is 4.62. The van der Waals surface area contributed by atoms with Gasteiger partial charge in [-0.2, -0.15) is 0 Å². The predicted molar refractivity (Wildman–Crippen MR) is 55.6 cm³/mol. The lowest BCUT2D eigenvalue weighted by Crippen LogP contribution is -2.13. The van der Waals surface area contributed by atoms with E-state index in [0.717, 1.165) is 5.56 Å². The van der Waals surface area contributed by atoms with Gasteiger partial charge in [0.1, 0.15) is 11.9 Å². The van der Waals surface area contributed by atoms with E-state index in [4.69, 9.17) is 0 Å². The van der Waals surface area contributed by atoms with Crippen molar-refractivity contribution in [2.75, 3.05) is 6.54 Å². The zero-order chi connectivity index (χ0) is 9.26. The fourth-order valence-electron chi connectivity index (χ4n) is 1.71. The molecule has 2 rings (SSSR count). The number of halogens is 2. The van der Waals surface area contributed by atoms with Crippen LogP contribution in [0.5, 0.6) is 5.75 Å². The van der Waals surface area contributed by atoms with E-state index < -0.39 is 6.17 Å². The molecule has 1 saturated heterocycles. The van der Waals surface area contributed by atoms with Crippen LogP contribution in [-0.4, -0.2) is 17.8 Å². The summed E-state index contributed by atoms with van der Waals surface area (Å²) in [6.07, 6.45) is -0.331. The molecule has 1 fully saturated rings. The first-order valence-electron chi connectivity index (χ1n) is 4.42. The Morgan fingerprint density at radius 1 is 1.36 bits per heavy atom. The highest BCUT2D eigenvalue weighted by Gasteiger charge is 2.26. The van der Waals surface area contributed by atoms with Crippen molar-refractivity contribution < 1.29 is 9.50 Å². The van der Waals surface area contributed by atoms with Gasteiger partial charge in [0, 0.05) is 18.2 Å². The first-order valence-corrected chi connectivity index (χ1v) is 4.42. The summed E-state index contributed by atoms with van der Waals surface area (Å²) >= 11 is 0.